The minimum Gasteiger partial charge on any atom is -0.497 e. The van der Waals surface area contributed by atoms with E-state index in [9.17, 15) is 9.59 Å². The average molecular weight is 586 g/mol. The predicted octanol–water partition coefficient (Wildman–Crippen LogP) is 2.24. The first kappa shape index (κ1) is 28.2. The Bertz CT molecular complexity index is 1320. The molecule has 0 bridgehead atoms. The molecule has 1 aromatic carbocycles. The number of aromatic nitrogens is 3. The fraction of sp³-hybridized carbons (Fsp3) is 0.481. The van der Waals surface area contributed by atoms with E-state index in [-0.39, 0.29) is 17.6 Å². The molecule has 0 saturated carbocycles. The van der Waals surface area contributed by atoms with Gasteiger partial charge in [-0.3, -0.25) is 9.59 Å². The van der Waals surface area contributed by atoms with E-state index in [2.05, 4.69) is 25.7 Å². The summed E-state index contributed by atoms with van der Waals surface area (Å²) in [4.78, 5) is 32.2. The number of anilines is 1. The molecule has 0 radical (unpaired) electrons. The van der Waals surface area contributed by atoms with Crippen molar-refractivity contribution in [1.82, 2.24) is 30.3 Å². The first-order valence-electron chi connectivity index (χ1n) is 13.3. The topological polar surface area (TPSA) is 114 Å². The summed E-state index contributed by atoms with van der Waals surface area (Å²) in [5.74, 6) is 2.22. The van der Waals surface area contributed by atoms with Gasteiger partial charge in [-0.2, -0.15) is 0 Å². The van der Waals surface area contributed by atoms with Crippen LogP contribution in [0.1, 0.15) is 12.8 Å². The second-order valence-corrected chi connectivity index (χ2v) is 11.7. The highest BCUT2D eigenvalue weighted by atomic mass is 32.2. The highest BCUT2D eigenvalue weighted by Gasteiger charge is 2.44. The Morgan fingerprint density at radius 2 is 1.88 bits per heavy atom. The Balaban J connectivity index is 1.21. The molecule has 2 N–H and O–H groups in total. The number of piperidine rings is 1. The molecule has 5 rings (SSSR count). The van der Waals surface area contributed by atoms with Gasteiger partial charge in [0, 0.05) is 39.3 Å². The van der Waals surface area contributed by atoms with Gasteiger partial charge in [0.15, 0.2) is 11.0 Å². The highest BCUT2D eigenvalue weighted by molar-refractivity contribution is 7.99. The van der Waals surface area contributed by atoms with Gasteiger partial charge in [0.2, 0.25) is 11.8 Å². The number of rotatable bonds is 9. The van der Waals surface area contributed by atoms with Crippen LogP contribution in [0.3, 0.4) is 0 Å². The minimum atomic E-state index is -0.912. The van der Waals surface area contributed by atoms with Gasteiger partial charge >= 0.3 is 0 Å². The maximum Gasteiger partial charge on any atom is 0.248 e. The first-order valence-corrected chi connectivity index (χ1v) is 15.1. The van der Waals surface area contributed by atoms with Crippen molar-refractivity contribution in [2.45, 2.75) is 23.5 Å². The van der Waals surface area contributed by atoms with Crippen LogP contribution in [0, 0.1) is 0 Å². The van der Waals surface area contributed by atoms with E-state index in [1.807, 2.05) is 52.2 Å². The molecule has 40 heavy (non-hydrogen) atoms. The Morgan fingerprint density at radius 3 is 2.55 bits per heavy atom. The molecule has 2 aliphatic rings. The summed E-state index contributed by atoms with van der Waals surface area (Å²) in [5, 5.41) is 17.7. The number of amides is 2. The van der Waals surface area contributed by atoms with Crippen molar-refractivity contribution in [3.8, 4) is 22.2 Å². The fourth-order valence-electron chi connectivity index (χ4n) is 5.24. The van der Waals surface area contributed by atoms with Crippen LogP contribution in [0.4, 0.5) is 5.69 Å². The van der Waals surface area contributed by atoms with Crippen molar-refractivity contribution in [2.24, 2.45) is 7.05 Å². The predicted molar refractivity (Wildman–Crippen MR) is 156 cm³/mol. The number of nitrogens with one attached hydrogen (secondary N) is 2. The van der Waals surface area contributed by atoms with Crippen LogP contribution in [-0.2, 0) is 16.6 Å². The lowest BCUT2D eigenvalue weighted by molar-refractivity contribution is -0.143. The number of ether oxygens (including phenoxy) is 2. The number of methoxy groups -OCH3 is 2. The molecule has 4 heterocycles. The van der Waals surface area contributed by atoms with Crippen molar-refractivity contribution < 1.29 is 19.1 Å². The van der Waals surface area contributed by atoms with Crippen molar-refractivity contribution in [1.29, 1.82) is 0 Å². The van der Waals surface area contributed by atoms with E-state index in [0.29, 0.717) is 57.3 Å². The number of thioether (sulfide) groups is 1. The molecule has 0 aliphatic carbocycles. The van der Waals surface area contributed by atoms with Gasteiger partial charge in [-0.15, -0.1) is 21.5 Å². The third-order valence-corrected chi connectivity index (χ3v) is 9.33. The lowest BCUT2D eigenvalue weighted by atomic mass is 9.86. The van der Waals surface area contributed by atoms with Crippen LogP contribution in [0.2, 0.25) is 0 Å². The zero-order valence-corrected chi connectivity index (χ0v) is 24.6. The highest BCUT2D eigenvalue weighted by Crippen LogP contribution is 2.33. The number of nitrogens with zero attached hydrogens (tertiary/aromatic N) is 5. The van der Waals surface area contributed by atoms with Gasteiger partial charge < -0.3 is 34.5 Å². The summed E-state index contributed by atoms with van der Waals surface area (Å²) in [6.07, 6.45) is 1.11. The van der Waals surface area contributed by atoms with E-state index in [0.717, 1.165) is 27.9 Å². The summed E-state index contributed by atoms with van der Waals surface area (Å²) in [6, 6.07) is 9.74. The van der Waals surface area contributed by atoms with Gasteiger partial charge in [0.25, 0.3) is 0 Å². The number of thiophene rings is 1. The summed E-state index contributed by atoms with van der Waals surface area (Å²) >= 11 is 2.92. The molecule has 214 valence electrons. The van der Waals surface area contributed by atoms with Gasteiger partial charge in [0.1, 0.15) is 17.0 Å². The Morgan fingerprint density at radius 1 is 1.10 bits per heavy atom. The molecule has 13 heteroatoms. The number of benzene rings is 1. The molecule has 2 amide bonds. The number of carbonyl (C=O) groups is 2. The number of carbonyl (C=O) groups excluding carboxylic acids is 2. The van der Waals surface area contributed by atoms with Crippen LogP contribution in [0.25, 0.3) is 10.7 Å². The number of hydrogen-bond donors (Lipinski definition) is 2. The quantitative estimate of drug-likeness (QED) is 0.365. The van der Waals surface area contributed by atoms with Gasteiger partial charge in [-0.1, -0.05) is 17.8 Å². The second-order valence-electron chi connectivity index (χ2n) is 9.83. The Hall–Kier alpha value is -3.29. The van der Waals surface area contributed by atoms with E-state index in [1.165, 1.54) is 11.8 Å². The molecule has 2 fully saturated rings. The average Bonchev–Trinajstić information content (AvgIpc) is 3.65. The Labute approximate surface area is 242 Å². The lowest BCUT2D eigenvalue weighted by Gasteiger charge is -2.43. The molecular weight excluding hydrogens is 550 g/mol. The SMILES string of the molecule is COc1ccc(N2CCN(C(=O)C3(NC(=O)CSc4nnc(-c5cccs5)n4C)CCNCC3)CC2)c(OC)c1. The van der Waals surface area contributed by atoms with Crippen LogP contribution < -0.4 is 25.0 Å². The van der Waals surface area contributed by atoms with Gasteiger partial charge in [-0.25, -0.2) is 0 Å². The minimum absolute atomic E-state index is 0.00710. The third-order valence-electron chi connectivity index (χ3n) is 7.45. The molecule has 2 aliphatic heterocycles. The van der Waals surface area contributed by atoms with Crippen molar-refractivity contribution in [2.75, 3.05) is 64.1 Å². The molecule has 0 spiro atoms. The van der Waals surface area contributed by atoms with E-state index in [4.69, 9.17) is 9.47 Å². The van der Waals surface area contributed by atoms with Crippen LogP contribution >= 0.6 is 23.1 Å². The summed E-state index contributed by atoms with van der Waals surface area (Å²) in [6.45, 7) is 3.83. The maximum absolute atomic E-state index is 13.9. The molecule has 2 saturated heterocycles. The monoisotopic (exact) mass is 585 g/mol. The normalized spacial score (nSPS) is 17.0. The van der Waals surface area contributed by atoms with Crippen LogP contribution in [0.15, 0.2) is 40.9 Å². The third kappa shape index (κ3) is 5.91. The van der Waals surface area contributed by atoms with Crippen molar-refractivity contribution in [3.63, 3.8) is 0 Å². The lowest BCUT2D eigenvalue weighted by Crippen LogP contribution is -2.65. The van der Waals surface area contributed by atoms with Crippen LogP contribution in [-0.4, -0.2) is 96.3 Å². The molecule has 3 aromatic rings. The van der Waals surface area contributed by atoms with E-state index >= 15 is 0 Å². The van der Waals surface area contributed by atoms with Crippen LogP contribution in [0.5, 0.6) is 11.5 Å². The summed E-state index contributed by atoms with van der Waals surface area (Å²) in [7, 11) is 5.17. The van der Waals surface area contributed by atoms with Crippen molar-refractivity contribution >= 4 is 40.6 Å². The number of hydrogen-bond acceptors (Lipinski definition) is 10. The zero-order valence-electron chi connectivity index (χ0n) is 23.0. The smallest absolute Gasteiger partial charge is 0.248 e. The second kappa shape index (κ2) is 12.5. The fourth-order valence-corrected chi connectivity index (χ4v) is 6.69. The number of piperazine rings is 1. The molecule has 11 nitrogen and oxygen atoms in total. The largest absolute Gasteiger partial charge is 0.497 e. The maximum atomic E-state index is 13.9. The van der Waals surface area contributed by atoms with E-state index < -0.39 is 5.54 Å². The van der Waals surface area contributed by atoms with Crippen molar-refractivity contribution in [3.05, 3.63) is 35.7 Å². The molecule has 0 unspecified atom stereocenters. The molecular formula is C27H35N7O4S2. The van der Waals surface area contributed by atoms with Gasteiger partial charge in [-0.05, 0) is 49.5 Å². The summed E-state index contributed by atoms with van der Waals surface area (Å²) < 4.78 is 12.8. The molecule has 0 atom stereocenters. The Kier molecular flexibility index (Phi) is 8.81. The van der Waals surface area contributed by atoms with E-state index in [1.54, 1.807) is 25.6 Å². The first-order chi connectivity index (χ1) is 19.4. The van der Waals surface area contributed by atoms with Gasteiger partial charge in [0.05, 0.1) is 30.5 Å². The standard InChI is InChI=1S/C27H35N7O4S2/c1-32-24(22-5-4-16-39-22)30-31-26(32)40-18-23(35)29-27(8-10-28-11-9-27)25(36)34-14-12-33(13-15-34)20-7-6-19(37-2)17-21(20)38-3/h4-7,16-17,28H,8-15,18H2,1-3H3,(H,29,35). The zero-order chi connectivity index (χ0) is 28.1. The molecule has 2 aromatic heterocycles. The summed E-state index contributed by atoms with van der Waals surface area (Å²) in [5.41, 5.74) is 0.0635.